The number of aromatic amines is 1. The Balaban J connectivity index is 2.34. The van der Waals surface area contributed by atoms with Crippen molar-refractivity contribution < 1.29 is 44.1 Å². The van der Waals surface area contributed by atoms with Crippen molar-refractivity contribution in [3.63, 3.8) is 0 Å². The number of H-pyrrole nitrogens is 1. The molecule has 218 valence electrons. The standard InChI is InChI=1S/C26H35N5O9/c1-3-13(2)22(31-23(36)16(27)11-21(34)35)25(38)30-19(10-14-12-28-17-7-5-4-6-15(14)17)24(37)29-18(26(39)40)8-9-20(32)33/h4-7,12-13,16,18-19,22,28H,3,8-11,27H2,1-2H3,(H,29,37)(H,30,38)(H,31,36)(H,32,33)(H,34,35)(H,39,40). The van der Waals surface area contributed by atoms with E-state index in [1.807, 2.05) is 12.1 Å². The molecule has 14 nitrogen and oxygen atoms in total. The highest BCUT2D eigenvalue weighted by Crippen LogP contribution is 2.20. The number of nitrogens with two attached hydrogens (primary N) is 1. The monoisotopic (exact) mass is 561 g/mol. The average Bonchev–Trinajstić information content (AvgIpc) is 3.30. The molecular weight excluding hydrogens is 526 g/mol. The van der Waals surface area contributed by atoms with Crippen molar-refractivity contribution in [2.75, 3.05) is 0 Å². The molecule has 1 aromatic carbocycles. The number of rotatable bonds is 16. The van der Waals surface area contributed by atoms with Crippen LogP contribution in [0.15, 0.2) is 30.5 Å². The number of carboxylic acid groups (broad SMARTS) is 3. The SMILES string of the molecule is CCC(C)C(NC(=O)C(N)CC(=O)O)C(=O)NC(Cc1c[nH]c2ccccc12)C(=O)NC(CCC(=O)O)C(=O)O. The quantitative estimate of drug-likeness (QED) is 0.136. The predicted octanol–water partition coefficient (Wildman–Crippen LogP) is -0.0377. The maximum absolute atomic E-state index is 13.4. The average molecular weight is 562 g/mol. The molecule has 1 heterocycles. The minimum absolute atomic E-state index is 0.0629. The third-order valence-electron chi connectivity index (χ3n) is 6.52. The predicted molar refractivity (Wildman–Crippen MR) is 142 cm³/mol. The zero-order valence-electron chi connectivity index (χ0n) is 22.2. The van der Waals surface area contributed by atoms with Crippen LogP contribution in [0.3, 0.4) is 0 Å². The zero-order chi connectivity index (χ0) is 30.0. The fourth-order valence-corrected chi connectivity index (χ4v) is 4.03. The highest BCUT2D eigenvalue weighted by atomic mass is 16.4. The number of nitrogens with one attached hydrogen (secondary N) is 4. The first-order valence-corrected chi connectivity index (χ1v) is 12.7. The van der Waals surface area contributed by atoms with Gasteiger partial charge in [-0.1, -0.05) is 38.5 Å². The molecular formula is C26H35N5O9. The normalized spacial score (nSPS) is 14.8. The van der Waals surface area contributed by atoms with E-state index in [1.165, 1.54) is 0 Å². The van der Waals surface area contributed by atoms with E-state index in [9.17, 15) is 33.9 Å². The molecule has 0 bridgehead atoms. The largest absolute Gasteiger partial charge is 0.481 e. The summed E-state index contributed by atoms with van der Waals surface area (Å²) < 4.78 is 0. The van der Waals surface area contributed by atoms with E-state index in [0.29, 0.717) is 12.0 Å². The van der Waals surface area contributed by atoms with Gasteiger partial charge in [0.25, 0.3) is 0 Å². The third-order valence-corrected chi connectivity index (χ3v) is 6.52. The highest BCUT2D eigenvalue weighted by Gasteiger charge is 2.33. The molecule has 0 spiro atoms. The van der Waals surface area contributed by atoms with E-state index in [4.69, 9.17) is 15.9 Å². The summed E-state index contributed by atoms with van der Waals surface area (Å²) in [5, 5.41) is 35.5. The number of carbonyl (C=O) groups is 6. The highest BCUT2D eigenvalue weighted by molar-refractivity contribution is 5.95. The number of hydrogen-bond acceptors (Lipinski definition) is 7. The molecule has 0 saturated carbocycles. The summed E-state index contributed by atoms with van der Waals surface area (Å²) in [5.41, 5.74) is 7.05. The number of amides is 3. The minimum atomic E-state index is -1.52. The van der Waals surface area contributed by atoms with Gasteiger partial charge in [0.2, 0.25) is 17.7 Å². The molecule has 2 aromatic rings. The van der Waals surface area contributed by atoms with Gasteiger partial charge in [0.1, 0.15) is 18.1 Å². The maximum atomic E-state index is 13.4. The summed E-state index contributed by atoms with van der Waals surface area (Å²) >= 11 is 0. The summed E-state index contributed by atoms with van der Waals surface area (Å²) in [6, 6.07) is 1.78. The lowest BCUT2D eigenvalue weighted by Gasteiger charge is -2.28. The molecule has 5 atom stereocenters. The van der Waals surface area contributed by atoms with E-state index in [0.717, 1.165) is 10.9 Å². The van der Waals surface area contributed by atoms with Crippen LogP contribution in [0, 0.1) is 5.92 Å². The van der Waals surface area contributed by atoms with Crippen LogP contribution in [0.25, 0.3) is 10.9 Å². The topological polar surface area (TPSA) is 241 Å². The van der Waals surface area contributed by atoms with E-state index < -0.39 is 78.6 Å². The van der Waals surface area contributed by atoms with Gasteiger partial charge in [-0.05, 0) is 24.0 Å². The molecule has 3 amide bonds. The Bertz CT molecular complexity index is 1240. The lowest BCUT2D eigenvalue weighted by atomic mass is 9.96. The van der Waals surface area contributed by atoms with Gasteiger partial charge in [-0.3, -0.25) is 24.0 Å². The van der Waals surface area contributed by atoms with Crippen LogP contribution in [0.5, 0.6) is 0 Å². The smallest absolute Gasteiger partial charge is 0.326 e. The second kappa shape index (κ2) is 14.6. The Kier molecular flexibility index (Phi) is 11.6. The van der Waals surface area contributed by atoms with Gasteiger partial charge in [0.15, 0.2) is 0 Å². The van der Waals surface area contributed by atoms with E-state index in [2.05, 4.69) is 20.9 Å². The number of carbonyl (C=O) groups excluding carboxylic acids is 3. The molecule has 0 aliphatic heterocycles. The first-order chi connectivity index (χ1) is 18.8. The number of benzene rings is 1. The van der Waals surface area contributed by atoms with Crippen LogP contribution in [0.4, 0.5) is 0 Å². The molecule has 0 aliphatic rings. The van der Waals surface area contributed by atoms with Crippen molar-refractivity contribution in [2.45, 2.75) is 70.1 Å². The van der Waals surface area contributed by atoms with Gasteiger partial charge < -0.3 is 42.0 Å². The molecule has 0 saturated heterocycles. The fourth-order valence-electron chi connectivity index (χ4n) is 4.03. The first kappa shape index (κ1) is 31.8. The first-order valence-electron chi connectivity index (χ1n) is 12.7. The second-order valence-electron chi connectivity index (χ2n) is 9.53. The Labute approximate surface area is 229 Å². The molecule has 9 N–H and O–H groups in total. The van der Waals surface area contributed by atoms with Crippen molar-refractivity contribution in [3.05, 3.63) is 36.0 Å². The van der Waals surface area contributed by atoms with Gasteiger partial charge in [-0.2, -0.15) is 0 Å². The van der Waals surface area contributed by atoms with Crippen molar-refractivity contribution in [3.8, 4) is 0 Å². The number of fused-ring (bicyclic) bond motifs is 1. The molecule has 2 rings (SSSR count). The molecule has 5 unspecified atom stereocenters. The van der Waals surface area contributed by atoms with Gasteiger partial charge in [-0.15, -0.1) is 0 Å². The van der Waals surface area contributed by atoms with E-state index in [1.54, 1.807) is 32.2 Å². The van der Waals surface area contributed by atoms with Crippen LogP contribution in [-0.4, -0.2) is 80.1 Å². The fraction of sp³-hybridized carbons (Fsp3) is 0.462. The Hall–Kier alpha value is -4.46. The maximum Gasteiger partial charge on any atom is 0.326 e. The second-order valence-corrected chi connectivity index (χ2v) is 9.53. The number of carboxylic acids is 3. The number of para-hydroxylation sites is 1. The molecule has 1 aromatic heterocycles. The third kappa shape index (κ3) is 9.08. The van der Waals surface area contributed by atoms with Gasteiger partial charge in [-0.25, -0.2) is 4.79 Å². The van der Waals surface area contributed by atoms with E-state index >= 15 is 0 Å². The Morgan fingerprint density at radius 1 is 0.900 bits per heavy atom. The molecule has 0 fully saturated rings. The van der Waals surface area contributed by atoms with Crippen molar-refractivity contribution in [1.82, 2.24) is 20.9 Å². The van der Waals surface area contributed by atoms with Crippen molar-refractivity contribution >= 4 is 46.5 Å². The van der Waals surface area contributed by atoms with Gasteiger partial charge >= 0.3 is 17.9 Å². The lowest BCUT2D eigenvalue weighted by molar-refractivity contribution is -0.143. The number of aliphatic carboxylic acids is 3. The Morgan fingerprint density at radius 3 is 2.15 bits per heavy atom. The van der Waals surface area contributed by atoms with Gasteiger partial charge in [0, 0.05) is 29.9 Å². The summed E-state index contributed by atoms with van der Waals surface area (Å²) in [4.78, 5) is 75.8. The molecule has 14 heteroatoms. The lowest BCUT2D eigenvalue weighted by Crippen LogP contribution is -2.59. The molecule has 0 aliphatic carbocycles. The summed E-state index contributed by atoms with van der Waals surface area (Å²) in [5.74, 6) is -6.91. The molecule has 0 radical (unpaired) electrons. The van der Waals surface area contributed by atoms with Crippen LogP contribution in [0.2, 0.25) is 0 Å². The van der Waals surface area contributed by atoms with Crippen molar-refractivity contribution in [2.24, 2.45) is 11.7 Å². The number of aromatic nitrogens is 1. The van der Waals surface area contributed by atoms with Crippen LogP contribution < -0.4 is 21.7 Å². The summed E-state index contributed by atoms with van der Waals surface area (Å²) in [6.45, 7) is 3.44. The zero-order valence-corrected chi connectivity index (χ0v) is 22.2. The van der Waals surface area contributed by atoms with Crippen LogP contribution >= 0.6 is 0 Å². The minimum Gasteiger partial charge on any atom is -0.481 e. The van der Waals surface area contributed by atoms with Crippen molar-refractivity contribution in [1.29, 1.82) is 0 Å². The van der Waals surface area contributed by atoms with Crippen LogP contribution in [0.1, 0.15) is 45.1 Å². The van der Waals surface area contributed by atoms with E-state index in [-0.39, 0.29) is 12.8 Å². The van der Waals surface area contributed by atoms with Crippen LogP contribution in [-0.2, 0) is 35.2 Å². The summed E-state index contributed by atoms with van der Waals surface area (Å²) in [6.07, 6.45) is 0.482. The number of hydrogen-bond donors (Lipinski definition) is 8. The molecule has 40 heavy (non-hydrogen) atoms. The Morgan fingerprint density at radius 2 is 1.55 bits per heavy atom. The van der Waals surface area contributed by atoms with Gasteiger partial charge in [0.05, 0.1) is 12.5 Å². The summed E-state index contributed by atoms with van der Waals surface area (Å²) in [7, 11) is 0.